The molecule has 1 aliphatic carbocycles. The van der Waals surface area contributed by atoms with E-state index in [4.69, 9.17) is 5.73 Å². The van der Waals surface area contributed by atoms with Crippen LogP contribution in [0, 0.1) is 17.3 Å². The van der Waals surface area contributed by atoms with Gasteiger partial charge in [-0.15, -0.1) is 0 Å². The van der Waals surface area contributed by atoms with Gasteiger partial charge in [-0.25, -0.2) is 4.98 Å². The molecule has 0 spiro atoms. The van der Waals surface area contributed by atoms with Crippen molar-refractivity contribution in [2.45, 2.75) is 26.8 Å². The van der Waals surface area contributed by atoms with Crippen LogP contribution < -0.4 is 5.73 Å². The van der Waals surface area contributed by atoms with Crippen LogP contribution in [-0.2, 0) is 6.54 Å². The van der Waals surface area contributed by atoms with Crippen molar-refractivity contribution in [3.8, 4) is 0 Å². The fourth-order valence-corrected chi connectivity index (χ4v) is 2.52. The highest BCUT2D eigenvalue weighted by Crippen LogP contribution is 2.59. The fraction of sp³-hybridized carbons (Fsp3) is 0.800. The normalized spacial score (nSPS) is 29.1. The van der Waals surface area contributed by atoms with E-state index in [9.17, 15) is 0 Å². The van der Waals surface area contributed by atoms with Gasteiger partial charge in [0.2, 0.25) is 0 Å². The van der Waals surface area contributed by atoms with Crippen molar-refractivity contribution >= 4 is 0 Å². The molecule has 1 heterocycles. The third kappa shape index (κ3) is 1.54. The minimum Gasteiger partial charge on any atom is -0.330 e. The zero-order chi connectivity index (χ0) is 10.2. The lowest BCUT2D eigenvalue weighted by atomic mass is 10.1. The van der Waals surface area contributed by atoms with Gasteiger partial charge in [0.15, 0.2) is 0 Å². The third-order valence-corrected chi connectivity index (χ3v) is 3.68. The highest BCUT2D eigenvalue weighted by molar-refractivity contribution is 5.04. The number of hydrogen-bond donors (Lipinski definition) is 1. The Morgan fingerprint density at radius 3 is 2.71 bits per heavy atom. The van der Waals surface area contributed by atoms with Crippen LogP contribution in [0.5, 0.6) is 0 Å². The Kier molecular flexibility index (Phi) is 2.31. The van der Waals surface area contributed by atoms with Crippen LogP contribution in [0.1, 0.15) is 20.3 Å². The van der Waals surface area contributed by atoms with Crippen LogP contribution >= 0.6 is 0 Å². The van der Waals surface area contributed by atoms with E-state index in [1.54, 1.807) is 12.7 Å². The summed E-state index contributed by atoms with van der Waals surface area (Å²) in [5.74, 6) is 1.46. The van der Waals surface area contributed by atoms with Gasteiger partial charge in [-0.05, 0) is 30.2 Å². The van der Waals surface area contributed by atoms with Gasteiger partial charge < -0.3 is 5.73 Å². The van der Waals surface area contributed by atoms with Gasteiger partial charge in [-0.1, -0.05) is 13.8 Å². The van der Waals surface area contributed by atoms with E-state index >= 15 is 0 Å². The predicted molar refractivity (Wildman–Crippen MR) is 54.5 cm³/mol. The number of hydrogen-bond acceptors (Lipinski definition) is 3. The molecular weight excluding hydrogens is 176 g/mol. The van der Waals surface area contributed by atoms with Crippen molar-refractivity contribution in [2.24, 2.45) is 23.0 Å². The maximum Gasteiger partial charge on any atom is 0.137 e. The minimum atomic E-state index is 0.440. The van der Waals surface area contributed by atoms with E-state index in [2.05, 4.69) is 23.9 Å². The molecule has 0 saturated heterocycles. The summed E-state index contributed by atoms with van der Waals surface area (Å²) >= 11 is 0. The highest BCUT2D eigenvalue weighted by atomic mass is 15.3. The van der Waals surface area contributed by atoms with E-state index in [-0.39, 0.29) is 0 Å². The summed E-state index contributed by atoms with van der Waals surface area (Å²) in [4.78, 5) is 3.92. The molecule has 78 valence electrons. The molecule has 0 bridgehead atoms. The molecule has 0 amide bonds. The number of nitrogens with zero attached hydrogens (tertiary/aromatic N) is 3. The molecule has 4 heteroatoms. The molecule has 1 fully saturated rings. The van der Waals surface area contributed by atoms with E-state index in [1.165, 1.54) is 0 Å². The van der Waals surface area contributed by atoms with Gasteiger partial charge in [-0.2, -0.15) is 5.10 Å². The van der Waals surface area contributed by atoms with Gasteiger partial charge >= 0.3 is 0 Å². The molecule has 14 heavy (non-hydrogen) atoms. The van der Waals surface area contributed by atoms with Crippen molar-refractivity contribution in [3.63, 3.8) is 0 Å². The first-order valence-corrected chi connectivity index (χ1v) is 5.18. The maximum absolute atomic E-state index is 5.71. The molecule has 2 atom stereocenters. The lowest BCUT2D eigenvalue weighted by Crippen LogP contribution is -2.05. The Hall–Kier alpha value is -0.900. The summed E-state index contributed by atoms with van der Waals surface area (Å²) in [6, 6.07) is 0. The number of nitrogens with two attached hydrogens (primary N) is 1. The average molecular weight is 194 g/mol. The largest absolute Gasteiger partial charge is 0.330 e. The molecular formula is C10H18N4. The monoisotopic (exact) mass is 194 g/mol. The van der Waals surface area contributed by atoms with Crippen LogP contribution in [0.2, 0.25) is 0 Å². The number of aryl methyl sites for hydroxylation is 1. The molecule has 2 N–H and O–H groups in total. The Balaban J connectivity index is 1.83. The quantitative estimate of drug-likeness (QED) is 0.774. The molecule has 1 aromatic heterocycles. The zero-order valence-corrected chi connectivity index (χ0v) is 8.85. The van der Waals surface area contributed by atoms with Crippen LogP contribution in [0.3, 0.4) is 0 Å². The lowest BCUT2D eigenvalue weighted by molar-refractivity contribution is 0.476. The topological polar surface area (TPSA) is 56.7 Å². The first kappa shape index (κ1) is 9.65. The smallest absolute Gasteiger partial charge is 0.137 e. The molecule has 0 aromatic carbocycles. The second kappa shape index (κ2) is 3.35. The van der Waals surface area contributed by atoms with E-state index < -0.39 is 0 Å². The minimum absolute atomic E-state index is 0.440. The Labute approximate surface area is 84.5 Å². The Bertz CT molecular complexity index is 291. The zero-order valence-electron chi connectivity index (χ0n) is 8.85. The van der Waals surface area contributed by atoms with Crippen molar-refractivity contribution in [1.29, 1.82) is 0 Å². The molecule has 0 unspecified atom stereocenters. The Morgan fingerprint density at radius 1 is 1.43 bits per heavy atom. The first-order chi connectivity index (χ1) is 6.66. The van der Waals surface area contributed by atoms with Gasteiger partial charge in [-0.3, -0.25) is 4.68 Å². The Morgan fingerprint density at radius 2 is 2.21 bits per heavy atom. The van der Waals surface area contributed by atoms with Crippen LogP contribution in [-0.4, -0.2) is 21.3 Å². The second-order valence-electron chi connectivity index (χ2n) is 4.72. The summed E-state index contributed by atoms with van der Waals surface area (Å²) in [7, 11) is 0. The van der Waals surface area contributed by atoms with Crippen LogP contribution in [0.15, 0.2) is 12.7 Å². The van der Waals surface area contributed by atoms with Crippen molar-refractivity contribution in [2.75, 3.05) is 6.54 Å². The average Bonchev–Trinajstić information content (AvgIpc) is 2.57. The fourth-order valence-electron chi connectivity index (χ4n) is 2.52. The van der Waals surface area contributed by atoms with Gasteiger partial charge in [0.1, 0.15) is 12.7 Å². The molecule has 0 aliphatic heterocycles. The van der Waals surface area contributed by atoms with E-state index in [1.807, 2.05) is 4.68 Å². The second-order valence-corrected chi connectivity index (χ2v) is 4.72. The molecule has 0 radical (unpaired) electrons. The van der Waals surface area contributed by atoms with Gasteiger partial charge in [0.25, 0.3) is 0 Å². The molecule has 1 aliphatic rings. The standard InChI is InChI=1S/C10H18N4/c1-10(2)8(9(10)5-11)3-4-14-7-12-6-13-14/h6-9H,3-5,11H2,1-2H3/t8-,9-/m1/s1. The van der Waals surface area contributed by atoms with Gasteiger partial charge in [0, 0.05) is 6.54 Å². The van der Waals surface area contributed by atoms with E-state index in [0.29, 0.717) is 11.3 Å². The van der Waals surface area contributed by atoms with Crippen molar-refractivity contribution in [1.82, 2.24) is 14.8 Å². The SMILES string of the molecule is CC1(C)[C@H](CN)[C@H]1CCn1cncn1. The summed E-state index contributed by atoms with van der Waals surface area (Å²) < 4.78 is 1.89. The van der Waals surface area contributed by atoms with Crippen molar-refractivity contribution < 1.29 is 0 Å². The van der Waals surface area contributed by atoms with Crippen LogP contribution in [0.4, 0.5) is 0 Å². The summed E-state index contributed by atoms with van der Waals surface area (Å²) in [6.07, 6.45) is 4.52. The summed E-state index contributed by atoms with van der Waals surface area (Å²) in [5.41, 5.74) is 6.15. The summed E-state index contributed by atoms with van der Waals surface area (Å²) in [5, 5.41) is 4.09. The lowest BCUT2D eigenvalue weighted by Gasteiger charge is -2.02. The molecule has 4 nitrogen and oxygen atoms in total. The maximum atomic E-state index is 5.71. The molecule has 2 rings (SSSR count). The molecule has 1 aromatic rings. The highest BCUT2D eigenvalue weighted by Gasteiger charge is 2.55. The van der Waals surface area contributed by atoms with E-state index in [0.717, 1.165) is 25.4 Å². The third-order valence-electron chi connectivity index (χ3n) is 3.68. The number of aromatic nitrogens is 3. The van der Waals surface area contributed by atoms with Crippen LogP contribution in [0.25, 0.3) is 0 Å². The first-order valence-electron chi connectivity index (χ1n) is 5.18. The summed E-state index contributed by atoms with van der Waals surface area (Å²) in [6.45, 7) is 6.38. The molecule has 1 saturated carbocycles. The van der Waals surface area contributed by atoms with Crippen molar-refractivity contribution in [3.05, 3.63) is 12.7 Å². The predicted octanol–water partition coefficient (Wildman–Crippen LogP) is 0.899. The number of rotatable bonds is 4. The van der Waals surface area contributed by atoms with Gasteiger partial charge in [0.05, 0.1) is 0 Å².